The number of aryl methyl sites for hydroxylation is 1. The second-order valence-electron chi connectivity index (χ2n) is 4.94. The zero-order chi connectivity index (χ0) is 15.2. The molecule has 5 nitrogen and oxygen atoms in total. The van der Waals surface area contributed by atoms with E-state index in [-0.39, 0.29) is 16.9 Å². The minimum atomic E-state index is -0.125. The molecule has 2 aromatic heterocycles. The van der Waals surface area contributed by atoms with Gasteiger partial charge in [0.25, 0.3) is 5.56 Å². The predicted octanol–water partition coefficient (Wildman–Crippen LogP) is 2.30. The standard InChI is InChI=1S/C15H20N4OS/c1-3-6-11-9-13(20)19-15(18-11)21-14(10(2)16)12-7-4-5-8-17-12/h4-5,7-10,14H,3,6,16H2,1-2H3,(H,18,19,20). The Kier molecular flexibility index (Phi) is 5.52. The van der Waals surface area contributed by atoms with Gasteiger partial charge in [0.05, 0.1) is 10.9 Å². The molecule has 0 amide bonds. The number of nitrogens with zero attached hydrogens (tertiary/aromatic N) is 2. The summed E-state index contributed by atoms with van der Waals surface area (Å²) >= 11 is 1.45. The van der Waals surface area contributed by atoms with Crippen LogP contribution in [0.1, 0.15) is 36.9 Å². The number of aromatic amines is 1. The highest BCUT2D eigenvalue weighted by Crippen LogP contribution is 2.33. The number of nitrogens with one attached hydrogen (secondary N) is 1. The van der Waals surface area contributed by atoms with Gasteiger partial charge in [0.2, 0.25) is 0 Å². The van der Waals surface area contributed by atoms with Crippen LogP contribution in [0.25, 0.3) is 0 Å². The first-order chi connectivity index (χ1) is 10.1. The molecule has 112 valence electrons. The van der Waals surface area contributed by atoms with E-state index < -0.39 is 0 Å². The third kappa shape index (κ3) is 4.41. The predicted molar refractivity (Wildman–Crippen MR) is 85.3 cm³/mol. The molecule has 2 unspecified atom stereocenters. The van der Waals surface area contributed by atoms with Crippen molar-refractivity contribution in [1.29, 1.82) is 0 Å². The highest BCUT2D eigenvalue weighted by molar-refractivity contribution is 7.99. The van der Waals surface area contributed by atoms with Crippen LogP contribution in [-0.4, -0.2) is 21.0 Å². The minimum Gasteiger partial charge on any atom is -0.327 e. The molecular weight excluding hydrogens is 284 g/mol. The average Bonchev–Trinajstić information content (AvgIpc) is 2.45. The second-order valence-corrected chi connectivity index (χ2v) is 6.07. The maximum atomic E-state index is 11.7. The summed E-state index contributed by atoms with van der Waals surface area (Å²) < 4.78 is 0. The largest absolute Gasteiger partial charge is 0.327 e. The monoisotopic (exact) mass is 304 g/mol. The minimum absolute atomic E-state index is 0.0498. The summed E-state index contributed by atoms with van der Waals surface area (Å²) in [7, 11) is 0. The van der Waals surface area contributed by atoms with E-state index in [0.717, 1.165) is 24.2 Å². The lowest BCUT2D eigenvalue weighted by Gasteiger charge is -2.19. The van der Waals surface area contributed by atoms with Crippen molar-refractivity contribution in [1.82, 2.24) is 15.0 Å². The zero-order valence-electron chi connectivity index (χ0n) is 12.2. The van der Waals surface area contributed by atoms with E-state index >= 15 is 0 Å². The fraction of sp³-hybridized carbons (Fsp3) is 0.400. The Bertz CT molecular complexity index is 627. The van der Waals surface area contributed by atoms with E-state index in [0.29, 0.717) is 5.16 Å². The topological polar surface area (TPSA) is 84.7 Å². The van der Waals surface area contributed by atoms with Gasteiger partial charge in [0, 0.05) is 24.0 Å². The molecular formula is C15H20N4OS. The molecule has 2 rings (SSSR count). The highest BCUT2D eigenvalue weighted by Gasteiger charge is 2.20. The summed E-state index contributed by atoms with van der Waals surface area (Å²) in [5.74, 6) is 0. The second kappa shape index (κ2) is 7.38. The maximum absolute atomic E-state index is 11.7. The van der Waals surface area contributed by atoms with Gasteiger partial charge in [-0.1, -0.05) is 31.2 Å². The number of aromatic nitrogens is 3. The summed E-state index contributed by atoms with van der Waals surface area (Å²) in [6, 6.07) is 7.19. The fourth-order valence-electron chi connectivity index (χ4n) is 2.03. The molecule has 0 radical (unpaired) electrons. The van der Waals surface area contributed by atoms with E-state index in [4.69, 9.17) is 5.73 Å². The lowest BCUT2D eigenvalue weighted by Crippen LogP contribution is -2.24. The molecule has 0 bridgehead atoms. The van der Waals surface area contributed by atoms with Crippen molar-refractivity contribution in [2.75, 3.05) is 0 Å². The number of nitrogens with two attached hydrogens (primary N) is 1. The lowest BCUT2D eigenvalue weighted by atomic mass is 10.2. The van der Waals surface area contributed by atoms with E-state index in [2.05, 4.69) is 21.9 Å². The van der Waals surface area contributed by atoms with Gasteiger partial charge < -0.3 is 10.7 Å². The smallest absolute Gasteiger partial charge is 0.251 e. The van der Waals surface area contributed by atoms with Gasteiger partial charge in [0.1, 0.15) is 0 Å². The molecule has 2 aromatic rings. The first kappa shape index (κ1) is 15.7. The van der Waals surface area contributed by atoms with Crippen molar-refractivity contribution in [2.24, 2.45) is 5.73 Å². The van der Waals surface area contributed by atoms with E-state index in [1.807, 2.05) is 25.1 Å². The summed E-state index contributed by atoms with van der Waals surface area (Å²) in [5, 5.41) is 0.546. The molecule has 0 aromatic carbocycles. The number of thioether (sulfide) groups is 1. The van der Waals surface area contributed by atoms with Crippen LogP contribution in [0, 0.1) is 0 Å². The number of pyridine rings is 1. The molecule has 3 N–H and O–H groups in total. The van der Waals surface area contributed by atoms with Gasteiger partial charge in [0.15, 0.2) is 5.16 Å². The van der Waals surface area contributed by atoms with Crippen LogP contribution in [0.3, 0.4) is 0 Å². The molecule has 0 saturated carbocycles. The van der Waals surface area contributed by atoms with Crippen molar-refractivity contribution in [2.45, 2.75) is 43.1 Å². The number of hydrogen-bond acceptors (Lipinski definition) is 5. The van der Waals surface area contributed by atoms with Gasteiger partial charge in [-0.25, -0.2) is 4.98 Å². The molecule has 2 heterocycles. The Morgan fingerprint density at radius 1 is 1.43 bits per heavy atom. The normalized spacial score (nSPS) is 13.9. The van der Waals surface area contributed by atoms with E-state index in [1.54, 1.807) is 12.3 Å². The third-order valence-corrected chi connectivity index (χ3v) is 4.32. The number of hydrogen-bond donors (Lipinski definition) is 2. The van der Waals surface area contributed by atoms with E-state index in [1.165, 1.54) is 11.8 Å². The van der Waals surface area contributed by atoms with Crippen molar-refractivity contribution < 1.29 is 0 Å². The van der Waals surface area contributed by atoms with Crippen LogP contribution >= 0.6 is 11.8 Å². The molecule has 0 spiro atoms. The lowest BCUT2D eigenvalue weighted by molar-refractivity contribution is 0.700. The van der Waals surface area contributed by atoms with Gasteiger partial charge in [-0.2, -0.15) is 0 Å². The molecule has 21 heavy (non-hydrogen) atoms. The van der Waals surface area contributed by atoms with Gasteiger partial charge in [-0.05, 0) is 25.5 Å². The Hall–Kier alpha value is -1.66. The third-order valence-electron chi connectivity index (χ3n) is 2.97. The van der Waals surface area contributed by atoms with Crippen LogP contribution in [-0.2, 0) is 6.42 Å². The Balaban J connectivity index is 2.27. The van der Waals surface area contributed by atoms with Crippen LogP contribution in [0.2, 0.25) is 0 Å². The van der Waals surface area contributed by atoms with Crippen molar-refractivity contribution in [3.05, 3.63) is 52.2 Å². The molecule has 0 saturated heterocycles. The number of H-pyrrole nitrogens is 1. The Labute approximate surface area is 128 Å². The van der Waals surface area contributed by atoms with Crippen LogP contribution < -0.4 is 11.3 Å². The molecule has 0 aliphatic carbocycles. The van der Waals surface area contributed by atoms with Crippen molar-refractivity contribution >= 4 is 11.8 Å². The summed E-state index contributed by atoms with van der Waals surface area (Å²) in [4.78, 5) is 23.3. The highest BCUT2D eigenvalue weighted by atomic mass is 32.2. The summed E-state index contributed by atoms with van der Waals surface area (Å²) in [6.07, 6.45) is 3.50. The number of rotatable bonds is 6. The van der Waals surface area contributed by atoms with Gasteiger partial charge >= 0.3 is 0 Å². The maximum Gasteiger partial charge on any atom is 0.251 e. The Morgan fingerprint density at radius 2 is 2.24 bits per heavy atom. The molecule has 0 aliphatic rings. The molecule has 0 fully saturated rings. The van der Waals surface area contributed by atoms with Gasteiger partial charge in [-0.3, -0.25) is 9.78 Å². The average molecular weight is 304 g/mol. The fourth-order valence-corrected chi connectivity index (χ4v) is 3.07. The van der Waals surface area contributed by atoms with Crippen molar-refractivity contribution in [3.8, 4) is 0 Å². The van der Waals surface area contributed by atoms with Crippen LogP contribution in [0.4, 0.5) is 0 Å². The van der Waals surface area contributed by atoms with Crippen LogP contribution in [0.15, 0.2) is 40.4 Å². The van der Waals surface area contributed by atoms with E-state index in [9.17, 15) is 4.79 Å². The summed E-state index contributed by atoms with van der Waals surface area (Å²) in [6.45, 7) is 3.99. The first-order valence-corrected chi connectivity index (χ1v) is 7.91. The van der Waals surface area contributed by atoms with Crippen LogP contribution in [0.5, 0.6) is 0 Å². The quantitative estimate of drug-likeness (QED) is 0.632. The molecule has 6 heteroatoms. The van der Waals surface area contributed by atoms with Gasteiger partial charge in [-0.15, -0.1) is 0 Å². The SMILES string of the molecule is CCCc1cc(=O)[nH]c(SC(c2ccccn2)C(C)N)n1. The first-order valence-electron chi connectivity index (χ1n) is 7.03. The molecule has 2 atom stereocenters. The summed E-state index contributed by atoms with van der Waals surface area (Å²) in [5.41, 5.74) is 7.65. The zero-order valence-corrected chi connectivity index (χ0v) is 13.1. The molecule has 0 aliphatic heterocycles. The Morgan fingerprint density at radius 3 is 2.86 bits per heavy atom. The van der Waals surface area contributed by atoms with Crippen molar-refractivity contribution in [3.63, 3.8) is 0 Å².